The van der Waals surface area contributed by atoms with E-state index in [9.17, 15) is 9.59 Å². The van der Waals surface area contributed by atoms with Gasteiger partial charge in [-0.2, -0.15) is 0 Å². The van der Waals surface area contributed by atoms with Crippen molar-refractivity contribution in [2.75, 3.05) is 38.0 Å². The first kappa shape index (κ1) is 20.6. The van der Waals surface area contributed by atoms with Gasteiger partial charge in [0.25, 0.3) is 5.91 Å². The molecule has 0 aliphatic carbocycles. The normalized spacial score (nSPS) is 23.6. The van der Waals surface area contributed by atoms with Crippen LogP contribution in [0.15, 0.2) is 24.3 Å². The molecule has 154 valence electrons. The molecular weight excluding hydrogens is 354 g/mol. The van der Waals surface area contributed by atoms with Crippen LogP contribution in [0.25, 0.3) is 0 Å². The zero-order valence-corrected chi connectivity index (χ0v) is 17.2. The van der Waals surface area contributed by atoms with Gasteiger partial charge in [-0.25, -0.2) is 0 Å². The lowest BCUT2D eigenvalue weighted by Gasteiger charge is -2.35. The highest BCUT2D eigenvalue weighted by molar-refractivity contribution is 5.94. The fourth-order valence-electron chi connectivity index (χ4n) is 4.04. The number of hydrogen-bond donors (Lipinski definition) is 1. The molecule has 0 unspecified atom stereocenters. The highest BCUT2D eigenvalue weighted by atomic mass is 16.5. The largest absolute Gasteiger partial charge is 0.376 e. The summed E-state index contributed by atoms with van der Waals surface area (Å²) in [6, 6.07) is 7.41. The van der Waals surface area contributed by atoms with Crippen molar-refractivity contribution in [2.45, 2.75) is 58.2 Å². The van der Waals surface area contributed by atoms with E-state index in [1.54, 1.807) is 0 Å². The molecule has 1 aromatic carbocycles. The Morgan fingerprint density at radius 2 is 1.50 bits per heavy atom. The number of amides is 2. The zero-order chi connectivity index (χ0) is 19.9. The summed E-state index contributed by atoms with van der Waals surface area (Å²) in [6.07, 6.45) is 6.03. The number of morpholine rings is 1. The van der Waals surface area contributed by atoms with Gasteiger partial charge < -0.3 is 19.9 Å². The second-order valence-corrected chi connectivity index (χ2v) is 8.05. The number of carbonyl (C=O) groups is 2. The average molecular weight is 388 g/mol. The maximum atomic E-state index is 12.7. The summed E-state index contributed by atoms with van der Waals surface area (Å²) in [6.45, 7) is 7.25. The maximum Gasteiger partial charge on any atom is 0.254 e. The van der Waals surface area contributed by atoms with Crippen LogP contribution >= 0.6 is 0 Å². The van der Waals surface area contributed by atoms with Crippen molar-refractivity contribution in [1.29, 1.82) is 0 Å². The van der Waals surface area contributed by atoms with Crippen LogP contribution < -0.4 is 5.32 Å². The number of nitrogens with zero attached hydrogens (tertiary/aromatic N) is 2. The molecule has 2 aliphatic rings. The summed E-state index contributed by atoms with van der Waals surface area (Å²) in [7, 11) is 0. The summed E-state index contributed by atoms with van der Waals surface area (Å²) in [4.78, 5) is 29.0. The van der Waals surface area contributed by atoms with Crippen LogP contribution in [0.4, 0.5) is 5.69 Å². The lowest BCUT2D eigenvalue weighted by molar-refractivity contribution is -0.129. The molecule has 3 rings (SSSR count). The van der Waals surface area contributed by atoms with E-state index in [2.05, 4.69) is 5.32 Å². The number of rotatable bonds is 4. The molecule has 6 nitrogen and oxygen atoms in total. The van der Waals surface area contributed by atoms with Crippen LogP contribution in [0.1, 0.15) is 56.3 Å². The van der Waals surface area contributed by atoms with Gasteiger partial charge in [0.05, 0.1) is 18.8 Å². The lowest BCUT2D eigenvalue weighted by Crippen LogP contribution is -2.48. The Kier molecular flexibility index (Phi) is 7.31. The minimum atomic E-state index is 0.0326. The standard InChI is InChI=1S/C22H33N3O3/c1-17-15-25(16-18(2)28-17)22(27)19-8-10-20(11-9-19)23-14-21(26)24-12-6-4-3-5-7-13-24/h8-11,17-18,23H,3-7,12-16H2,1-2H3/t17-,18+. The third-order valence-corrected chi connectivity index (χ3v) is 5.49. The molecule has 2 atom stereocenters. The van der Waals surface area contributed by atoms with Gasteiger partial charge in [-0.1, -0.05) is 19.3 Å². The molecule has 2 amide bonds. The molecule has 6 heteroatoms. The predicted molar refractivity (Wildman–Crippen MR) is 111 cm³/mol. The van der Waals surface area contributed by atoms with Crippen molar-refractivity contribution in [1.82, 2.24) is 9.80 Å². The van der Waals surface area contributed by atoms with Gasteiger partial charge in [0.15, 0.2) is 0 Å². The number of hydrogen-bond acceptors (Lipinski definition) is 4. The Morgan fingerprint density at radius 1 is 0.929 bits per heavy atom. The summed E-state index contributed by atoms with van der Waals surface area (Å²) in [5, 5.41) is 3.20. The first-order chi connectivity index (χ1) is 13.5. The molecule has 1 N–H and O–H groups in total. The van der Waals surface area contributed by atoms with Gasteiger partial charge in [0.1, 0.15) is 0 Å². The number of anilines is 1. The lowest BCUT2D eigenvalue weighted by atomic mass is 10.1. The van der Waals surface area contributed by atoms with Crippen LogP contribution in [-0.4, -0.2) is 66.5 Å². The molecule has 2 aliphatic heterocycles. The Morgan fingerprint density at radius 3 is 2.11 bits per heavy atom. The Labute approximate surface area is 168 Å². The number of carbonyl (C=O) groups excluding carboxylic acids is 2. The van der Waals surface area contributed by atoms with E-state index in [0.717, 1.165) is 31.6 Å². The van der Waals surface area contributed by atoms with Crippen LogP contribution in [0, 0.1) is 0 Å². The van der Waals surface area contributed by atoms with E-state index in [1.807, 2.05) is 47.9 Å². The maximum absolute atomic E-state index is 12.7. The fourth-order valence-corrected chi connectivity index (χ4v) is 4.04. The smallest absolute Gasteiger partial charge is 0.254 e. The van der Waals surface area contributed by atoms with Crippen molar-refractivity contribution in [3.63, 3.8) is 0 Å². The number of nitrogens with one attached hydrogen (secondary N) is 1. The van der Waals surface area contributed by atoms with Gasteiger partial charge in [-0.05, 0) is 51.0 Å². The third kappa shape index (κ3) is 5.71. The molecule has 0 bridgehead atoms. The molecule has 2 saturated heterocycles. The zero-order valence-electron chi connectivity index (χ0n) is 17.2. The minimum absolute atomic E-state index is 0.0326. The molecule has 28 heavy (non-hydrogen) atoms. The number of likely N-dealkylation sites (tertiary alicyclic amines) is 1. The van der Waals surface area contributed by atoms with Crippen molar-refractivity contribution < 1.29 is 14.3 Å². The Hall–Kier alpha value is -2.08. The second-order valence-electron chi connectivity index (χ2n) is 8.05. The number of ether oxygens (including phenoxy) is 1. The molecule has 2 heterocycles. The van der Waals surface area contributed by atoms with E-state index in [1.165, 1.54) is 19.3 Å². The van der Waals surface area contributed by atoms with E-state index in [4.69, 9.17) is 4.74 Å². The topological polar surface area (TPSA) is 61.9 Å². The molecule has 1 aromatic rings. The van der Waals surface area contributed by atoms with E-state index >= 15 is 0 Å². The van der Waals surface area contributed by atoms with Crippen LogP contribution in [0.2, 0.25) is 0 Å². The number of benzene rings is 1. The SMILES string of the molecule is C[C@@H]1CN(C(=O)c2ccc(NCC(=O)N3CCCCCCC3)cc2)C[C@H](C)O1. The predicted octanol–water partition coefficient (Wildman–Crippen LogP) is 3.14. The molecule has 0 radical (unpaired) electrons. The fraction of sp³-hybridized carbons (Fsp3) is 0.636. The van der Waals surface area contributed by atoms with Crippen molar-refractivity contribution in [3.05, 3.63) is 29.8 Å². The van der Waals surface area contributed by atoms with Gasteiger partial charge in [0, 0.05) is 37.4 Å². The molecule has 0 saturated carbocycles. The van der Waals surface area contributed by atoms with Crippen LogP contribution in [0.5, 0.6) is 0 Å². The highest BCUT2D eigenvalue weighted by Gasteiger charge is 2.26. The van der Waals surface area contributed by atoms with Crippen molar-refractivity contribution in [3.8, 4) is 0 Å². The third-order valence-electron chi connectivity index (χ3n) is 5.49. The van der Waals surface area contributed by atoms with Crippen LogP contribution in [-0.2, 0) is 9.53 Å². The molecular formula is C22H33N3O3. The first-order valence-electron chi connectivity index (χ1n) is 10.6. The second kappa shape index (κ2) is 9.92. The van der Waals surface area contributed by atoms with Crippen LogP contribution in [0.3, 0.4) is 0 Å². The van der Waals surface area contributed by atoms with Gasteiger partial charge in [-0.15, -0.1) is 0 Å². The van der Waals surface area contributed by atoms with E-state index < -0.39 is 0 Å². The van der Waals surface area contributed by atoms with Crippen molar-refractivity contribution in [2.24, 2.45) is 0 Å². The van der Waals surface area contributed by atoms with Gasteiger partial charge in [0.2, 0.25) is 5.91 Å². The molecule has 0 spiro atoms. The van der Waals surface area contributed by atoms with E-state index in [-0.39, 0.29) is 24.0 Å². The average Bonchev–Trinajstić information content (AvgIpc) is 2.65. The van der Waals surface area contributed by atoms with Gasteiger partial charge >= 0.3 is 0 Å². The van der Waals surface area contributed by atoms with Gasteiger partial charge in [-0.3, -0.25) is 9.59 Å². The molecule has 2 fully saturated rings. The summed E-state index contributed by atoms with van der Waals surface area (Å²) < 4.78 is 5.70. The minimum Gasteiger partial charge on any atom is -0.376 e. The quantitative estimate of drug-likeness (QED) is 0.862. The Bertz CT molecular complexity index is 643. The first-order valence-corrected chi connectivity index (χ1v) is 10.6. The summed E-state index contributed by atoms with van der Waals surface area (Å²) in [5.74, 6) is 0.184. The van der Waals surface area contributed by atoms with E-state index in [0.29, 0.717) is 25.2 Å². The van der Waals surface area contributed by atoms with Crippen molar-refractivity contribution >= 4 is 17.5 Å². The Balaban J connectivity index is 1.51. The molecule has 0 aromatic heterocycles. The summed E-state index contributed by atoms with van der Waals surface area (Å²) >= 11 is 0. The monoisotopic (exact) mass is 387 g/mol. The highest BCUT2D eigenvalue weighted by Crippen LogP contribution is 2.17. The summed E-state index contributed by atoms with van der Waals surface area (Å²) in [5.41, 5.74) is 1.53.